The van der Waals surface area contributed by atoms with Crippen LogP contribution in [0.1, 0.15) is 39.4 Å². The first-order valence-electron chi connectivity index (χ1n) is 11.4. The van der Waals surface area contributed by atoms with Crippen molar-refractivity contribution >= 4 is 35.0 Å². The lowest BCUT2D eigenvalue weighted by Gasteiger charge is -2.33. The van der Waals surface area contributed by atoms with Crippen molar-refractivity contribution < 1.29 is 23.6 Å². The standard InChI is InChI=1S/C24H22Cl2N4O6/c25-18-10-15(30-22(21(27)31)28-36-24(30)33)11-19(26)20(18)35-16-1-2-17-14(9-16)3-6-29(23(17)32)12-13-4-7-34-8-5-13/h1-2,9-11,13H,3-8,12H2,(H2,27,31). The van der Waals surface area contributed by atoms with Gasteiger partial charge in [0.25, 0.3) is 11.8 Å². The first kappa shape index (κ1) is 24.4. The summed E-state index contributed by atoms with van der Waals surface area (Å²) in [7, 11) is 0. The van der Waals surface area contributed by atoms with Gasteiger partial charge in [-0.25, -0.2) is 9.36 Å². The summed E-state index contributed by atoms with van der Waals surface area (Å²) >= 11 is 12.8. The second-order valence-electron chi connectivity index (χ2n) is 8.69. The molecule has 2 aromatic carbocycles. The maximum atomic E-state index is 13.1. The molecule has 5 rings (SSSR count). The van der Waals surface area contributed by atoms with Crippen molar-refractivity contribution in [1.82, 2.24) is 14.6 Å². The summed E-state index contributed by atoms with van der Waals surface area (Å²) in [5, 5.41) is 3.53. The van der Waals surface area contributed by atoms with Crippen LogP contribution in [0.5, 0.6) is 11.5 Å². The number of nitrogens with two attached hydrogens (primary N) is 1. The van der Waals surface area contributed by atoms with E-state index in [9.17, 15) is 14.4 Å². The Bertz CT molecular complexity index is 1370. The van der Waals surface area contributed by atoms with Gasteiger partial charge in [0.1, 0.15) is 5.75 Å². The molecule has 0 atom stereocenters. The van der Waals surface area contributed by atoms with E-state index in [2.05, 4.69) is 9.68 Å². The summed E-state index contributed by atoms with van der Waals surface area (Å²) in [4.78, 5) is 38.6. The molecule has 2 aliphatic heterocycles. The number of carbonyl (C=O) groups excluding carboxylic acids is 2. The summed E-state index contributed by atoms with van der Waals surface area (Å²) in [6.07, 6.45) is 2.65. The van der Waals surface area contributed by atoms with E-state index in [4.69, 9.17) is 38.4 Å². The molecule has 0 radical (unpaired) electrons. The smallest absolute Gasteiger partial charge is 0.446 e. The van der Waals surface area contributed by atoms with Gasteiger partial charge in [-0.05, 0) is 66.2 Å². The highest BCUT2D eigenvalue weighted by atomic mass is 35.5. The van der Waals surface area contributed by atoms with E-state index in [0.29, 0.717) is 30.2 Å². The van der Waals surface area contributed by atoms with E-state index in [-0.39, 0.29) is 27.4 Å². The number of fused-ring (bicyclic) bond motifs is 1. The van der Waals surface area contributed by atoms with Gasteiger partial charge in [0.05, 0.1) is 15.7 Å². The lowest BCUT2D eigenvalue weighted by Crippen LogP contribution is -2.41. The Labute approximate surface area is 215 Å². The molecule has 2 N–H and O–H groups in total. The molecule has 0 bridgehead atoms. The van der Waals surface area contributed by atoms with Crippen molar-refractivity contribution in [2.24, 2.45) is 11.7 Å². The Balaban J connectivity index is 1.36. The minimum atomic E-state index is -0.955. The molecule has 12 heteroatoms. The van der Waals surface area contributed by atoms with Gasteiger partial charge >= 0.3 is 5.76 Å². The summed E-state index contributed by atoms with van der Waals surface area (Å²) < 4.78 is 16.8. The number of carbonyl (C=O) groups is 2. The van der Waals surface area contributed by atoms with Crippen molar-refractivity contribution in [3.05, 3.63) is 67.9 Å². The first-order chi connectivity index (χ1) is 17.3. The molecule has 1 fully saturated rings. The molecule has 2 amide bonds. The van der Waals surface area contributed by atoms with Gasteiger partial charge in [-0.3, -0.25) is 14.1 Å². The predicted molar refractivity (Wildman–Crippen MR) is 130 cm³/mol. The van der Waals surface area contributed by atoms with Crippen LogP contribution in [0.4, 0.5) is 0 Å². The van der Waals surface area contributed by atoms with E-state index in [0.717, 1.165) is 42.7 Å². The molecule has 3 heterocycles. The van der Waals surface area contributed by atoms with Crippen LogP contribution in [0.2, 0.25) is 10.0 Å². The van der Waals surface area contributed by atoms with Crippen LogP contribution in [0.25, 0.3) is 5.69 Å². The highest BCUT2D eigenvalue weighted by molar-refractivity contribution is 6.37. The number of primary amides is 1. The van der Waals surface area contributed by atoms with Gasteiger partial charge in [-0.1, -0.05) is 23.2 Å². The first-order valence-corrected chi connectivity index (χ1v) is 12.1. The van der Waals surface area contributed by atoms with E-state index >= 15 is 0 Å². The molecular weight excluding hydrogens is 511 g/mol. The fraction of sp³-hybridized carbons (Fsp3) is 0.333. The molecule has 0 spiro atoms. The number of hydrogen-bond donors (Lipinski definition) is 1. The van der Waals surface area contributed by atoms with Crippen molar-refractivity contribution in [2.75, 3.05) is 26.3 Å². The van der Waals surface area contributed by atoms with Gasteiger partial charge < -0.3 is 20.1 Å². The van der Waals surface area contributed by atoms with E-state index in [1.54, 1.807) is 18.2 Å². The zero-order valence-electron chi connectivity index (χ0n) is 19.0. The SMILES string of the molecule is NC(=O)c1noc(=O)n1-c1cc(Cl)c(Oc2ccc3c(c2)CCN(CC2CCOCC2)C3=O)c(Cl)c1. The van der Waals surface area contributed by atoms with Gasteiger partial charge in [-0.2, -0.15) is 0 Å². The summed E-state index contributed by atoms with van der Waals surface area (Å²) in [5.41, 5.74) is 6.92. The molecule has 10 nitrogen and oxygen atoms in total. The van der Waals surface area contributed by atoms with Crippen LogP contribution >= 0.6 is 23.2 Å². The fourth-order valence-corrected chi connectivity index (χ4v) is 5.07. The molecule has 1 aromatic heterocycles. The average molecular weight is 533 g/mol. The number of hydrogen-bond acceptors (Lipinski definition) is 7. The molecule has 36 heavy (non-hydrogen) atoms. The van der Waals surface area contributed by atoms with E-state index < -0.39 is 17.5 Å². The van der Waals surface area contributed by atoms with E-state index in [1.165, 1.54) is 12.1 Å². The van der Waals surface area contributed by atoms with Gasteiger partial charge in [0.2, 0.25) is 5.82 Å². The highest BCUT2D eigenvalue weighted by Crippen LogP contribution is 2.39. The Morgan fingerprint density at radius 1 is 1.14 bits per heavy atom. The Hall–Kier alpha value is -3.34. The Kier molecular flexibility index (Phi) is 6.74. The molecule has 0 unspecified atom stereocenters. The molecule has 0 saturated carbocycles. The van der Waals surface area contributed by atoms with Crippen LogP contribution in [0, 0.1) is 5.92 Å². The Morgan fingerprint density at radius 3 is 2.56 bits per heavy atom. The Morgan fingerprint density at radius 2 is 1.86 bits per heavy atom. The molecule has 3 aromatic rings. The number of amides is 2. The normalized spacial score (nSPS) is 16.2. The van der Waals surface area contributed by atoms with Gasteiger partial charge in [0.15, 0.2) is 5.75 Å². The van der Waals surface area contributed by atoms with Crippen molar-refractivity contribution in [2.45, 2.75) is 19.3 Å². The zero-order valence-corrected chi connectivity index (χ0v) is 20.6. The van der Waals surface area contributed by atoms with Crippen LogP contribution in [-0.2, 0) is 11.2 Å². The quantitative estimate of drug-likeness (QED) is 0.514. The van der Waals surface area contributed by atoms with Crippen LogP contribution < -0.4 is 16.2 Å². The third-order valence-corrected chi connectivity index (χ3v) is 6.91. The van der Waals surface area contributed by atoms with Crippen molar-refractivity contribution in [1.29, 1.82) is 0 Å². The summed E-state index contributed by atoms with van der Waals surface area (Å²) in [6.45, 7) is 2.87. The van der Waals surface area contributed by atoms with Crippen molar-refractivity contribution in [3.63, 3.8) is 0 Å². The second-order valence-corrected chi connectivity index (χ2v) is 9.50. The minimum Gasteiger partial charge on any atom is -0.454 e. The fourth-order valence-electron chi connectivity index (χ4n) is 4.52. The number of nitrogens with zero attached hydrogens (tertiary/aromatic N) is 3. The number of aromatic nitrogens is 2. The lowest BCUT2D eigenvalue weighted by atomic mass is 9.95. The number of ether oxygens (including phenoxy) is 2. The maximum Gasteiger partial charge on any atom is 0.446 e. The topological polar surface area (TPSA) is 130 Å². The van der Waals surface area contributed by atoms with Gasteiger partial charge in [0, 0.05) is 31.9 Å². The molecule has 0 aliphatic carbocycles. The van der Waals surface area contributed by atoms with Gasteiger partial charge in [-0.15, -0.1) is 0 Å². The second kappa shape index (κ2) is 9.96. The summed E-state index contributed by atoms with van der Waals surface area (Å²) in [6, 6.07) is 7.99. The molecule has 1 saturated heterocycles. The van der Waals surface area contributed by atoms with Crippen LogP contribution in [0.15, 0.2) is 39.6 Å². The zero-order chi connectivity index (χ0) is 25.4. The molecule has 2 aliphatic rings. The third-order valence-electron chi connectivity index (χ3n) is 6.35. The number of rotatable bonds is 6. The summed E-state index contributed by atoms with van der Waals surface area (Å²) in [5.74, 6) is -1.19. The van der Waals surface area contributed by atoms with E-state index in [1.807, 2.05) is 4.90 Å². The van der Waals surface area contributed by atoms with Crippen molar-refractivity contribution in [3.8, 4) is 17.2 Å². The van der Waals surface area contributed by atoms with Crippen LogP contribution in [0.3, 0.4) is 0 Å². The number of benzene rings is 2. The minimum absolute atomic E-state index is 0.0131. The monoisotopic (exact) mass is 532 g/mol. The molecular formula is C24H22Cl2N4O6. The highest BCUT2D eigenvalue weighted by Gasteiger charge is 2.28. The molecule has 188 valence electrons. The third kappa shape index (κ3) is 4.71. The maximum absolute atomic E-state index is 13.1. The van der Waals surface area contributed by atoms with Crippen LogP contribution in [-0.4, -0.2) is 52.7 Å². The average Bonchev–Trinajstić information content (AvgIpc) is 3.25. The largest absolute Gasteiger partial charge is 0.454 e. The lowest BCUT2D eigenvalue weighted by molar-refractivity contribution is 0.0449. The number of halogens is 2. The predicted octanol–water partition coefficient (Wildman–Crippen LogP) is 3.45.